The molecular formula is C47H60N10O4. The predicted octanol–water partition coefficient (Wildman–Crippen LogP) is 7.06. The Hall–Kier alpha value is -5.34. The van der Waals surface area contributed by atoms with Gasteiger partial charge in [-0.25, -0.2) is 14.6 Å². The number of nitrogens with two attached hydrogens (primary N) is 1. The largest absolute Gasteiger partial charge is 0.455 e. The zero-order valence-electron chi connectivity index (χ0n) is 35.4. The molecule has 14 nitrogen and oxygen atoms in total. The number of hydrogen-bond acceptors (Lipinski definition) is 11. The normalized spacial score (nSPS) is 26.6. The molecule has 14 heteroatoms. The molecule has 5 aliphatic carbocycles. The first kappa shape index (κ1) is 41.0. The highest BCUT2D eigenvalue weighted by Gasteiger charge is 2.48. The number of ether oxygens (including phenoxy) is 1. The lowest BCUT2D eigenvalue weighted by atomic mass is 9.51. The van der Waals surface area contributed by atoms with Gasteiger partial charge < -0.3 is 25.9 Å². The van der Waals surface area contributed by atoms with E-state index in [2.05, 4.69) is 42.1 Å². The molecule has 4 bridgehead atoms. The minimum Gasteiger partial charge on any atom is -0.455 e. The van der Waals surface area contributed by atoms with Gasteiger partial charge in [-0.2, -0.15) is 5.10 Å². The fourth-order valence-electron chi connectivity index (χ4n) is 11.5. The number of piperazine rings is 1. The van der Waals surface area contributed by atoms with Crippen LogP contribution in [0.4, 0.5) is 11.5 Å². The van der Waals surface area contributed by atoms with Crippen molar-refractivity contribution in [2.45, 2.75) is 83.2 Å². The second kappa shape index (κ2) is 18.3. The number of amides is 2. The highest BCUT2D eigenvalue weighted by Crippen LogP contribution is 2.57. The molecule has 3 heterocycles. The Kier molecular flexibility index (Phi) is 12.3. The van der Waals surface area contributed by atoms with E-state index in [0.717, 1.165) is 93.4 Å². The Morgan fingerprint density at radius 1 is 0.934 bits per heavy atom. The van der Waals surface area contributed by atoms with Crippen LogP contribution in [-0.4, -0.2) is 99.0 Å². The van der Waals surface area contributed by atoms with Crippen molar-refractivity contribution in [3.05, 3.63) is 67.5 Å². The third-order valence-electron chi connectivity index (χ3n) is 14.2. The summed E-state index contributed by atoms with van der Waals surface area (Å²) in [6.07, 6.45) is 14.3. The summed E-state index contributed by atoms with van der Waals surface area (Å²) >= 11 is 0. The Morgan fingerprint density at radius 2 is 1.66 bits per heavy atom. The first-order chi connectivity index (χ1) is 29.8. The Labute approximate surface area is 358 Å². The molecule has 4 N–H and O–H groups in total. The van der Waals surface area contributed by atoms with E-state index in [1.54, 1.807) is 0 Å². The lowest BCUT2D eigenvalue weighted by molar-refractivity contribution is -0.126. The van der Waals surface area contributed by atoms with Gasteiger partial charge in [0.15, 0.2) is 11.4 Å². The molecule has 2 amide bonds. The molecule has 2 aromatic carbocycles. The summed E-state index contributed by atoms with van der Waals surface area (Å²) in [5.74, 6) is 5.33. The molecule has 2 aromatic heterocycles. The molecule has 1 saturated heterocycles. The van der Waals surface area contributed by atoms with Crippen LogP contribution in [0.3, 0.4) is 0 Å². The van der Waals surface area contributed by atoms with Crippen LogP contribution < -0.4 is 21.1 Å². The van der Waals surface area contributed by atoms with E-state index in [0.29, 0.717) is 71.3 Å². The summed E-state index contributed by atoms with van der Waals surface area (Å²) in [6.45, 7) is 11.3. The maximum atomic E-state index is 12.8. The van der Waals surface area contributed by atoms with Crippen LogP contribution >= 0.6 is 0 Å². The number of anilines is 2. The minimum atomic E-state index is -0.351. The quantitative estimate of drug-likeness (QED) is 0.0489. The second-order valence-electron chi connectivity index (χ2n) is 18.2. The molecule has 0 spiro atoms. The average Bonchev–Trinajstić information content (AvgIpc) is 3.67. The van der Waals surface area contributed by atoms with E-state index in [4.69, 9.17) is 20.4 Å². The SMILES string of the molecule is C=CC(=O)Nc1cc(-c2nn(C3CCC(N4CCN(C/C(C)=N/OCCNC(=O)CC5C6CC7CC(C6)CC5C7)CC4)CC3)c3ncnc(N)c23)ccc1Oc1ccccc1. The van der Waals surface area contributed by atoms with Crippen LogP contribution in [-0.2, 0) is 14.4 Å². The lowest BCUT2D eigenvalue weighted by Gasteiger charge is -2.54. The van der Waals surface area contributed by atoms with Crippen LogP contribution in [0.5, 0.6) is 11.5 Å². The zero-order chi connectivity index (χ0) is 41.9. The summed E-state index contributed by atoms with van der Waals surface area (Å²) < 4.78 is 8.18. The highest BCUT2D eigenvalue weighted by atomic mass is 16.6. The molecule has 5 saturated carbocycles. The number of oxime groups is 1. The van der Waals surface area contributed by atoms with Crippen molar-refractivity contribution >= 4 is 40.1 Å². The summed E-state index contributed by atoms with van der Waals surface area (Å²) in [4.78, 5) is 45.0. The van der Waals surface area contributed by atoms with Crippen LogP contribution in [0.2, 0.25) is 0 Å². The van der Waals surface area contributed by atoms with Crippen LogP contribution in [0.1, 0.15) is 77.2 Å². The van der Waals surface area contributed by atoms with Crippen molar-refractivity contribution in [2.75, 3.05) is 56.9 Å². The van der Waals surface area contributed by atoms with Gasteiger partial charge in [-0.3, -0.25) is 19.4 Å². The molecule has 6 aliphatic rings. The van der Waals surface area contributed by atoms with Gasteiger partial charge in [-0.05, 0) is 131 Å². The maximum Gasteiger partial charge on any atom is 0.247 e. The summed E-state index contributed by atoms with van der Waals surface area (Å²) in [6, 6.07) is 15.7. The van der Waals surface area contributed by atoms with Gasteiger partial charge in [-0.15, -0.1) is 0 Å². The number of nitrogens with zero attached hydrogens (tertiary/aromatic N) is 7. The van der Waals surface area contributed by atoms with E-state index >= 15 is 0 Å². The standard InChI is InChI=1S/C47H60N10O4/c1-3-42(58)52-40-26-33(9-14-41(40)61-38-7-5-4-6-8-38)45-44-46(48)50-29-51-47(44)57(53-45)37-12-10-36(11-13-37)56-18-16-55(17-19-56)28-30(2)54-60-20-15-49-43(59)27-39-34-22-31-21-32(24-34)25-35(39)23-31/h3-9,14,26,29,31-32,34-37,39H,1,10-13,15-25,27-28H2,2H3,(H,49,59)(H,52,58)(H2,48,50,51)/b54-30+. The monoisotopic (exact) mass is 828 g/mol. The van der Waals surface area contributed by atoms with Crippen molar-refractivity contribution < 1.29 is 19.2 Å². The van der Waals surface area contributed by atoms with Gasteiger partial charge in [0, 0.05) is 50.7 Å². The maximum absolute atomic E-state index is 12.8. The van der Waals surface area contributed by atoms with Gasteiger partial charge in [0.05, 0.1) is 29.4 Å². The molecule has 322 valence electrons. The van der Waals surface area contributed by atoms with Crippen LogP contribution in [0.25, 0.3) is 22.3 Å². The van der Waals surface area contributed by atoms with Gasteiger partial charge >= 0.3 is 0 Å². The number of benzene rings is 2. The van der Waals surface area contributed by atoms with Crippen molar-refractivity contribution in [3.8, 4) is 22.8 Å². The van der Waals surface area contributed by atoms with Gasteiger partial charge in [0.2, 0.25) is 11.8 Å². The van der Waals surface area contributed by atoms with E-state index in [-0.39, 0.29) is 17.9 Å². The van der Waals surface area contributed by atoms with Crippen molar-refractivity contribution in [2.24, 2.45) is 34.7 Å². The molecule has 10 rings (SSSR count). The second-order valence-corrected chi connectivity index (χ2v) is 18.2. The Bertz CT molecular complexity index is 2200. The third-order valence-corrected chi connectivity index (χ3v) is 14.2. The molecular weight excluding hydrogens is 769 g/mol. The zero-order valence-corrected chi connectivity index (χ0v) is 35.4. The number of para-hydroxylation sites is 1. The first-order valence-corrected chi connectivity index (χ1v) is 22.5. The summed E-state index contributed by atoms with van der Waals surface area (Å²) in [5, 5.41) is 16.2. The molecule has 6 fully saturated rings. The van der Waals surface area contributed by atoms with E-state index in [1.807, 2.05) is 60.1 Å². The molecule has 0 unspecified atom stereocenters. The van der Waals surface area contributed by atoms with Gasteiger partial charge in [0.25, 0.3) is 0 Å². The first-order valence-electron chi connectivity index (χ1n) is 22.5. The minimum absolute atomic E-state index is 0.165. The fourth-order valence-corrected chi connectivity index (χ4v) is 11.5. The highest BCUT2D eigenvalue weighted by molar-refractivity contribution is 6.02. The number of carbonyl (C=O) groups is 2. The Morgan fingerprint density at radius 3 is 2.38 bits per heavy atom. The van der Waals surface area contributed by atoms with Crippen molar-refractivity contribution in [3.63, 3.8) is 0 Å². The number of hydrogen-bond donors (Lipinski definition) is 3. The van der Waals surface area contributed by atoms with Gasteiger partial charge in [0.1, 0.15) is 30.2 Å². The molecule has 61 heavy (non-hydrogen) atoms. The number of fused-ring (bicyclic) bond motifs is 1. The third kappa shape index (κ3) is 9.30. The topological polar surface area (TPSA) is 165 Å². The van der Waals surface area contributed by atoms with Crippen molar-refractivity contribution in [1.29, 1.82) is 0 Å². The lowest BCUT2D eigenvalue weighted by Crippen LogP contribution is -2.52. The number of aromatic nitrogens is 4. The van der Waals surface area contributed by atoms with E-state index < -0.39 is 0 Å². The average molecular weight is 829 g/mol. The Balaban J connectivity index is 0.749. The molecule has 0 atom stereocenters. The molecule has 4 aromatic rings. The fraction of sp³-hybridized carbons (Fsp3) is 0.532. The van der Waals surface area contributed by atoms with E-state index in [1.165, 1.54) is 44.5 Å². The molecule has 0 radical (unpaired) electrons. The van der Waals surface area contributed by atoms with Crippen LogP contribution in [0, 0.1) is 29.6 Å². The predicted molar refractivity (Wildman–Crippen MR) is 237 cm³/mol. The van der Waals surface area contributed by atoms with Crippen molar-refractivity contribution in [1.82, 2.24) is 34.9 Å². The smallest absolute Gasteiger partial charge is 0.247 e. The number of rotatable bonds is 15. The summed E-state index contributed by atoms with van der Waals surface area (Å²) in [5.41, 5.74) is 10.1. The van der Waals surface area contributed by atoms with E-state index in [9.17, 15) is 9.59 Å². The number of nitrogens with one attached hydrogen (secondary N) is 2. The molecule has 1 aliphatic heterocycles. The van der Waals surface area contributed by atoms with Crippen LogP contribution in [0.15, 0.2) is 72.7 Å². The van der Waals surface area contributed by atoms with Gasteiger partial charge in [-0.1, -0.05) is 29.9 Å². The number of carbonyl (C=O) groups excluding carboxylic acids is 2. The number of nitrogen functional groups attached to an aromatic ring is 1. The summed E-state index contributed by atoms with van der Waals surface area (Å²) in [7, 11) is 0.